The molecular weight excluding hydrogens is 348 g/mol. The van der Waals surface area contributed by atoms with Gasteiger partial charge in [-0.15, -0.1) is 0 Å². The van der Waals surface area contributed by atoms with Gasteiger partial charge in [0.15, 0.2) is 11.2 Å². The van der Waals surface area contributed by atoms with Gasteiger partial charge in [-0.3, -0.25) is 18.7 Å². The Kier molecular flexibility index (Phi) is 5.75. The van der Waals surface area contributed by atoms with E-state index in [0.717, 1.165) is 10.1 Å². The van der Waals surface area contributed by atoms with Crippen molar-refractivity contribution in [1.82, 2.24) is 19.1 Å². The summed E-state index contributed by atoms with van der Waals surface area (Å²) >= 11 is 0. The van der Waals surface area contributed by atoms with Crippen LogP contribution in [0.15, 0.2) is 52.3 Å². The summed E-state index contributed by atoms with van der Waals surface area (Å²) in [6.45, 7) is 2.41. The quantitative estimate of drug-likeness (QED) is 0.584. The summed E-state index contributed by atoms with van der Waals surface area (Å²) in [7, 11) is 0. The molecule has 0 aliphatic rings. The lowest BCUT2D eigenvalue weighted by atomic mass is 10.2. The van der Waals surface area contributed by atoms with Crippen LogP contribution in [0.2, 0.25) is 0 Å². The van der Waals surface area contributed by atoms with Crippen molar-refractivity contribution in [2.24, 2.45) is 0 Å². The third-order valence-corrected chi connectivity index (χ3v) is 4.10. The van der Waals surface area contributed by atoms with Crippen LogP contribution in [0.3, 0.4) is 0 Å². The van der Waals surface area contributed by atoms with Gasteiger partial charge in [-0.1, -0.05) is 30.3 Å². The molecule has 0 saturated carbocycles. The second kappa shape index (κ2) is 8.39. The highest BCUT2D eigenvalue weighted by molar-refractivity contribution is 5.69. The molecule has 0 spiro atoms. The van der Waals surface area contributed by atoms with E-state index >= 15 is 0 Å². The number of benzene rings is 1. The van der Waals surface area contributed by atoms with Gasteiger partial charge in [-0.05, 0) is 18.9 Å². The van der Waals surface area contributed by atoms with Crippen molar-refractivity contribution in [3.63, 3.8) is 0 Å². The molecular formula is C19H20N4O4. The van der Waals surface area contributed by atoms with Gasteiger partial charge in [0.2, 0.25) is 0 Å². The van der Waals surface area contributed by atoms with Gasteiger partial charge < -0.3 is 4.74 Å². The van der Waals surface area contributed by atoms with Crippen molar-refractivity contribution in [1.29, 1.82) is 0 Å². The molecule has 8 nitrogen and oxygen atoms in total. The number of rotatable bonds is 7. The molecule has 0 atom stereocenters. The van der Waals surface area contributed by atoms with Crippen LogP contribution in [-0.2, 0) is 22.6 Å². The van der Waals surface area contributed by atoms with Gasteiger partial charge in [0.25, 0.3) is 5.56 Å². The van der Waals surface area contributed by atoms with Crippen LogP contribution < -0.4 is 11.2 Å². The first kappa shape index (κ1) is 18.5. The Hall–Kier alpha value is -3.29. The standard InChI is InChI=1S/C19H20N4O4/c1-2-27-15(24)9-6-12-22-18(25)16-17(21-11-10-20-16)23(19(22)26)13-14-7-4-3-5-8-14/h3-5,7-8,10-11H,2,6,9,12-13H2,1H3. The number of hydrogen-bond acceptors (Lipinski definition) is 6. The summed E-state index contributed by atoms with van der Waals surface area (Å²) in [5.41, 5.74) is 0.308. The van der Waals surface area contributed by atoms with Crippen LogP contribution in [0.1, 0.15) is 25.3 Å². The number of carbonyl (C=O) groups excluding carboxylic acids is 1. The Morgan fingerprint density at radius 2 is 1.81 bits per heavy atom. The first-order chi connectivity index (χ1) is 13.1. The van der Waals surface area contributed by atoms with Crippen molar-refractivity contribution in [3.8, 4) is 0 Å². The van der Waals surface area contributed by atoms with E-state index in [1.807, 2.05) is 30.3 Å². The van der Waals surface area contributed by atoms with Gasteiger partial charge in [0.05, 0.1) is 13.2 Å². The first-order valence-electron chi connectivity index (χ1n) is 8.75. The fraction of sp³-hybridized carbons (Fsp3) is 0.316. The van der Waals surface area contributed by atoms with Crippen molar-refractivity contribution in [2.75, 3.05) is 6.61 Å². The molecule has 0 unspecified atom stereocenters. The summed E-state index contributed by atoms with van der Waals surface area (Å²) < 4.78 is 7.43. The summed E-state index contributed by atoms with van der Waals surface area (Å²) in [4.78, 5) is 45.4. The molecule has 0 amide bonds. The van der Waals surface area contributed by atoms with E-state index in [9.17, 15) is 14.4 Å². The summed E-state index contributed by atoms with van der Waals surface area (Å²) in [5, 5.41) is 0. The second-order valence-electron chi connectivity index (χ2n) is 5.95. The van der Waals surface area contributed by atoms with Gasteiger partial charge in [-0.2, -0.15) is 0 Å². The Bertz CT molecular complexity index is 1060. The molecule has 0 fully saturated rings. The SMILES string of the molecule is CCOC(=O)CCCn1c(=O)c2nccnc2n(Cc2ccccc2)c1=O. The predicted molar refractivity (Wildman–Crippen MR) is 99.5 cm³/mol. The summed E-state index contributed by atoms with van der Waals surface area (Å²) in [6, 6.07) is 9.43. The first-order valence-corrected chi connectivity index (χ1v) is 8.75. The van der Waals surface area contributed by atoms with Crippen LogP contribution in [0.5, 0.6) is 0 Å². The minimum atomic E-state index is -0.503. The van der Waals surface area contributed by atoms with E-state index in [1.54, 1.807) is 6.92 Å². The zero-order chi connectivity index (χ0) is 19.2. The van der Waals surface area contributed by atoms with E-state index in [2.05, 4.69) is 9.97 Å². The lowest BCUT2D eigenvalue weighted by Gasteiger charge is -2.13. The number of aromatic nitrogens is 4. The molecule has 0 saturated heterocycles. The molecule has 0 bridgehead atoms. The predicted octanol–water partition coefficient (Wildman–Crippen LogP) is 1.34. The smallest absolute Gasteiger partial charge is 0.333 e. The normalized spacial score (nSPS) is 10.9. The highest BCUT2D eigenvalue weighted by Gasteiger charge is 2.15. The molecule has 140 valence electrons. The number of fused-ring (bicyclic) bond motifs is 1. The van der Waals surface area contributed by atoms with Gasteiger partial charge in [0.1, 0.15) is 0 Å². The van der Waals surface area contributed by atoms with E-state index in [0.29, 0.717) is 13.0 Å². The van der Waals surface area contributed by atoms with Crippen LogP contribution >= 0.6 is 0 Å². The molecule has 3 aromatic rings. The average molecular weight is 368 g/mol. The molecule has 0 radical (unpaired) electrons. The van der Waals surface area contributed by atoms with Crippen molar-refractivity contribution in [2.45, 2.75) is 32.9 Å². The van der Waals surface area contributed by atoms with Crippen LogP contribution in [0, 0.1) is 0 Å². The van der Waals surface area contributed by atoms with Crippen LogP contribution in [0.25, 0.3) is 11.2 Å². The summed E-state index contributed by atoms with van der Waals surface area (Å²) in [6.07, 6.45) is 3.33. The van der Waals surface area contributed by atoms with Gasteiger partial charge >= 0.3 is 11.7 Å². The molecule has 0 N–H and O–H groups in total. The highest BCUT2D eigenvalue weighted by Crippen LogP contribution is 2.06. The largest absolute Gasteiger partial charge is 0.466 e. The molecule has 0 aliphatic heterocycles. The van der Waals surface area contributed by atoms with E-state index < -0.39 is 11.2 Å². The average Bonchev–Trinajstić information content (AvgIpc) is 2.69. The lowest BCUT2D eigenvalue weighted by molar-refractivity contribution is -0.143. The number of nitrogens with zero attached hydrogens (tertiary/aromatic N) is 4. The Labute approximate surface area is 155 Å². The third kappa shape index (κ3) is 4.11. The Morgan fingerprint density at radius 3 is 2.56 bits per heavy atom. The monoisotopic (exact) mass is 368 g/mol. The maximum Gasteiger partial charge on any atom is 0.333 e. The van der Waals surface area contributed by atoms with E-state index in [1.165, 1.54) is 17.0 Å². The minimum absolute atomic E-state index is 0.109. The Balaban J connectivity index is 2.00. The van der Waals surface area contributed by atoms with E-state index in [4.69, 9.17) is 4.74 Å². The fourth-order valence-electron chi connectivity index (χ4n) is 2.85. The number of hydrogen-bond donors (Lipinski definition) is 0. The number of ether oxygens (including phenoxy) is 1. The number of esters is 1. The lowest BCUT2D eigenvalue weighted by Crippen LogP contribution is -2.41. The van der Waals surface area contributed by atoms with Crippen LogP contribution in [-0.4, -0.2) is 31.7 Å². The summed E-state index contributed by atoms with van der Waals surface area (Å²) in [5.74, 6) is -0.351. The van der Waals surface area contributed by atoms with E-state index in [-0.39, 0.29) is 36.6 Å². The fourth-order valence-corrected chi connectivity index (χ4v) is 2.85. The highest BCUT2D eigenvalue weighted by atomic mass is 16.5. The Morgan fingerprint density at radius 1 is 1.07 bits per heavy atom. The molecule has 8 heteroatoms. The maximum absolute atomic E-state index is 13.0. The van der Waals surface area contributed by atoms with Crippen molar-refractivity contribution >= 4 is 17.1 Å². The maximum atomic E-state index is 13.0. The zero-order valence-corrected chi connectivity index (χ0v) is 15.0. The second-order valence-corrected chi connectivity index (χ2v) is 5.95. The molecule has 1 aromatic carbocycles. The van der Waals surface area contributed by atoms with Crippen LogP contribution in [0.4, 0.5) is 0 Å². The molecule has 0 aliphatic carbocycles. The molecule has 2 aromatic heterocycles. The topological polar surface area (TPSA) is 96.1 Å². The van der Waals surface area contributed by atoms with Crippen molar-refractivity contribution in [3.05, 3.63) is 69.1 Å². The van der Waals surface area contributed by atoms with Gasteiger partial charge in [0, 0.05) is 25.4 Å². The molecule has 3 rings (SSSR count). The van der Waals surface area contributed by atoms with Crippen molar-refractivity contribution < 1.29 is 9.53 Å². The third-order valence-electron chi connectivity index (χ3n) is 4.10. The zero-order valence-electron chi connectivity index (χ0n) is 15.0. The number of carbonyl (C=O) groups is 1. The molecule has 2 heterocycles. The van der Waals surface area contributed by atoms with Gasteiger partial charge in [-0.25, -0.2) is 14.8 Å². The molecule has 27 heavy (non-hydrogen) atoms. The minimum Gasteiger partial charge on any atom is -0.466 e.